The van der Waals surface area contributed by atoms with E-state index in [1.54, 1.807) is 11.0 Å². The van der Waals surface area contributed by atoms with Crippen LogP contribution in [-0.4, -0.2) is 39.9 Å². The van der Waals surface area contributed by atoms with E-state index in [4.69, 9.17) is 25.8 Å². The van der Waals surface area contributed by atoms with Crippen molar-refractivity contribution in [2.24, 2.45) is 5.41 Å². The minimum atomic E-state index is -0.826. The molecule has 0 spiro atoms. The number of aromatic nitrogens is 3. The third kappa shape index (κ3) is 4.49. The van der Waals surface area contributed by atoms with Gasteiger partial charge < -0.3 is 14.2 Å². The third-order valence-corrected chi connectivity index (χ3v) is 4.85. The lowest BCUT2D eigenvalue weighted by Gasteiger charge is -2.41. The Morgan fingerprint density at radius 1 is 1.35 bits per heavy atom. The van der Waals surface area contributed by atoms with Crippen LogP contribution < -0.4 is 4.74 Å². The van der Waals surface area contributed by atoms with E-state index in [9.17, 15) is 0 Å². The van der Waals surface area contributed by atoms with Crippen molar-refractivity contribution in [2.75, 3.05) is 13.2 Å². The fourth-order valence-corrected chi connectivity index (χ4v) is 2.98. The van der Waals surface area contributed by atoms with Crippen LogP contribution in [0.1, 0.15) is 27.2 Å². The van der Waals surface area contributed by atoms with Crippen LogP contribution in [0.4, 0.5) is 0 Å². The van der Waals surface area contributed by atoms with Crippen LogP contribution in [0, 0.1) is 5.41 Å². The zero-order chi connectivity index (χ0) is 17.9. The van der Waals surface area contributed by atoms with E-state index in [-0.39, 0.29) is 18.5 Å². The summed E-state index contributed by atoms with van der Waals surface area (Å²) in [7, 11) is 0. The molecule has 8 heteroatoms. The molecule has 0 aliphatic carbocycles. The largest absolute Gasteiger partial charge is 0.493 e. The van der Waals surface area contributed by atoms with Gasteiger partial charge in [0.1, 0.15) is 18.4 Å². The Hall–Kier alpha value is -1.34. The van der Waals surface area contributed by atoms with Gasteiger partial charge in [-0.2, -0.15) is 5.10 Å². The molecule has 2 heterocycles. The lowest BCUT2D eigenvalue weighted by atomic mass is 9.83. The maximum atomic E-state index is 6.33. The second kappa shape index (κ2) is 8.57. The Balaban J connectivity index is 0.00000243. The molecule has 2 aromatic rings. The molecule has 144 valence electrons. The first kappa shape index (κ1) is 21.0. The second-order valence-corrected chi connectivity index (χ2v) is 7.37. The molecule has 1 fully saturated rings. The highest BCUT2D eigenvalue weighted by Crippen LogP contribution is 2.42. The predicted molar refractivity (Wildman–Crippen MR) is 102 cm³/mol. The zero-order valence-corrected chi connectivity index (χ0v) is 16.8. The van der Waals surface area contributed by atoms with Gasteiger partial charge in [-0.1, -0.05) is 32.4 Å². The van der Waals surface area contributed by atoms with E-state index in [0.29, 0.717) is 24.8 Å². The van der Waals surface area contributed by atoms with Crippen LogP contribution >= 0.6 is 24.0 Å². The molecule has 1 aliphatic rings. The minimum Gasteiger partial charge on any atom is -0.493 e. The first-order valence-electron chi connectivity index (χ1n) is 8.47. The molecule has 0 bridgehead atoms. The summed E-state index contributed by atoms with van der Waals surface area (Å²) >= 11 is 5.93. The maximum absolute atomic E-state index is 6.33. The van der Waals surface area contributed by atoms with Crippen LogP contribution in [-0.2, 0) is 16.0 Å². The van der Waals surface area contributed by atoms with E-state index >= 15 is 0 Å². The molecule has 2 unspecified atom stereocenters. The number of ether oxygens (including phenoxy) is 3. The average molecular weight is 402 g/mol. The topological polar surface area (TPSA) is 58.4 Å². The highest BCUT2D eigenvalue weighted by molar-refractivity contribution is 6.30. The molecular formula is C18H25Cl2N3O3. The number of hydrogen-bond acceptors (Lipinski definition) is 5. The van der Waals surface area contributed by atoms with Gasteiger partial charge in [-0.3, -0.25) is 0 Å². The second-order valence-electron chi connectivity index (χ2n) is 6.93. The molecule has 1 aromatic heterocycles. The van der Waals surface area contributed by atoms with E-state index in [0.717, 1.165) is 12.2 Å². The first-order valence-corrected chi connectivity index (χ1v) is 8.84. The van der Waals surface area contributed by atoms with Gasteiger partial charge in [-0.25, -0.2) is 9.67 Å². The summed E-state index contributed by atoms with van der Waals surface area (Å²) in [5, 5.41) is 4.89. The van der Waals surface area contributed by atoms with Crippen molar-refractivity contribution < 1.29 is 14.2 Å². The van der Waals surface area contributed by atoms with Crippen molar-refractivity contribution in [1.82, 2.24) is 14.8 Å². The minimum absolute atomic E-state index is 0. The molecule has 2 atom stereocenters. The maximum Gasteiger partial charge on any atom is 0.196 e. The quantitative estimate of drug-likeness (QED) is 0.701. The Kier molecular flexibility index (Phi) is 6.91. The number of halogens is 2. The van der Waals surface area contributed by atoms with Crippen LogP contribution in [0.25, 0.3) is 0 Å². The molecule has 26 heavy (non-hydrogen) atoms. The standard InChI is InChI=1S/C18H24ClN3O3.ClH/c1-4-15-9-24-18(25-15,10-22-13-20-12-21-22)17(2,3)11-23-16-7-5-14(19)6-8-16;/h5-8,12-13,15H,4,9-11H2,1-3H3;1H. The Morgan fingerprint density at radius 2 is 2.08 bits per heavy atom. The average Bonchev–Trinajstić information content (AvgIpc) is 3.25. The van der Waals surface area contributed by atoms with Crippen LogP contribution in [0.2, 0.25) is 5.02 Å². The van der Waals surface area contributed by atoms with Gasteiger partial charge in [-0.15, -0.1) is 12.4 Å². The van der Waals surface area contributed by atoms with E-state index in [1.165, 1.54) is 6.33 Å². The lowest BCUT2D eigenvalue weighted by Crippen LogP contribution is -2.52. The normalized spacial score (nSPS) is 22.8. The molecule has 0 saturated carbocycles. The molecule has 1 aromatic carbocycles. The fourth-order valence-electron chi connectivity index (χ4n) is 2.85. The monoisotopic (exact) mass is 401 g/mol. The molecule has 1 aliphatic heterocycles. The van der Waals surface area contributed by atoms with Crippen molar-refractivity contribution in [1.29, 1.82) is 0 Å². The van der Waals surface area contributed by atoms with Crippen molar-refractivity contribution in [3.8, 4) is 5.75 Å². The van der Waals surface area contributed by atoms with Crippen LogP contribution in [0.15, 0.2) is 36.9 Å². The predicted octanol–water partition coefficient (Wildman–Crippen LogP) is 3.98. The number of benzene rings is 1. The third-order valence-electron chi connectivity index (χ3n) is 4.60. The van der Waals surface area contributed by atoms with E-state index in [2.05, 4.69) is 30.9 Å². The van der Waals surface area contributed by atoms with Crippen molar-refractivity contribution in [3.05, 3.63) is 41.9 Å². The van der Waals surface area contributed by atoms with Crippen molar-refractivity contribution in [3.63, 3.8) is 0 Å². The zero-order valence-electron chi connectivity index (χ0n) is 15.2. The molecule has 0 amide bonds. The van der Waals surface area contributed by atoms with Gasteiger partial charge in [-0.05, 0) is 30.7 Å². The van der Waals surface area contributed by atoms with Gasteiger partial charge in [0, 0.05) is 5.02 Å². The molecule has 6 nitrogen and oxygen atoms in total. The molecule has 0 radical (unpaired) electrons. The van der Waals surface area contributed by atoms with Gasteiger partial charge in [0.05, 0.1) is 31.3 Å². The Bertz CT molecular complexity index is 679. The van der Waals surface area contributed by atoms with Crippen molar-refractivity contribution in [2.45, 2.75) is 45.6 Å². The highest BCUT2D eigenvalue weighted by atomic mass is 35.5. The summed E-state index contributed by atoms with van der Waals surface area (Å²) in [5.74, 6) is -0.0632. The smallest absolute Gasteiger partial charge is 0.196 e. The highest BCUT2D eigenvalue weighted by Gasteiger charge is 2.53. The first-order chi connectivity index (χ1) is 11.9. The van der Waals surface area contributed by atoms with E-state index in [1.807, 2.05) is 24.3 Å². The summed E-state index contributed by atoms with van der Waals surface area (Å²) in [6.45, 7) is 7.71. The lowest BCUT2D eigenvalue weighted by molar-refractivity contribution is -0.252. The number of nitrogens with zero attached hydrogens (tertiary/aromatic N) is 3. The van der Waals surface area contributed by atoms with Crippen LogP contribution in [0.3, 0.4) is 0 Å². The summed E-state index contributed by atoms with van der Waals surface area (Å²) < 4.78 is 20.2. The fraction of sp³-hybridized carbons (Fsp3) is 0.556. The molecule has 1 saturated heterocycles. The van der Waals surface area contributed by atoms with Crippen molar-refractivity contribution >= 4 is 24.0 Å². The molecular weight excluding hydrogens is 377 g/mol. The Morgan fingerprint density at radius 3 is 2.65 bits per heavy atom. The van der Waals surface area contributed by atoms with Crippen LogP contribution in [0.5, 0.6) is 5.75 Å². The van der Waals surface area contributed by atoms with Gasteiger partial charge >= 0.3 is 0 Å². The Labute approximate surface area is 165 Å². The number of rotatable bonds is 7. The summed E-state index contributed by atoms with van der Waals surface area (Å²) in [5.41, 5.74) is -0.414. The summed E-state index contributed by atoms with van der Waals surface area (Å²) in [6.07, 6.45) is 4.15. The summed E-state index contributed by atoms with van der Waals surface area (Å²) in [6, 6.07) is 7.33. The van der Waals surface area contributed by atoms with Gasteiger partial charge in [0.2, 0.25) is 0 Å². The van der Waals surface area contributed by atoms with Gasteiger partial charge in [0.15, 0.2) is 5.79 Å². The molecule has 3 rings (SSSR count). The van der Waals surface area contributed by atoms with Gasteiger partial charge in [0.25, 0.3) is 0 Å². The molecule has 0 N–H and O–H groups in total. The SMILES string of the molecule is CCC1COC(Cn2cncn2)(C(C)(C)COc2ccc(Cl)cc2)O1.Cl. The van der Waals surface area contributed by atoms with E-state index < -0.39 is 11.2 Å². The summed E-state index contributed by atoms with van der Waals surface area (Å²) in [4.78, 5) is 4.02. The number of hydrogen-bond donors (Lipinski definition) is 0.